The molecule has 2 aromatic carbocycles. The molecule has 0 saturated carbocycles. The largest absolute Gasteiger partial charge is 0.472 e. The zero-order chi connectivity index (χ0) is 69.9. The third-order valence-corrected chi connectivity index (χ3v) is 15.2. The van der Waals surface area contributed by atoms with Crippen LogP contribution < -0.4 is 48.7 Å². The number of nitrogens with two attached hydrogens (primary N) is 2. The van der Waals surface area contributed by atoms with Gasteiger partial charge in [0.25, 0.3) is 11.8 Å². The number of esters is 3. The average molecular weight is 1320 g/mol. The molecule has 10 amide bonds. The lowest BCUT2D eigenvalue weighted by molar-refractivity contribution is -0.167. The van der Waals surface area contributed by atoms with E-state index in [1.807, 2.05) is 0 Å². The molecule has 0 heterocycles. The molecule has 0 aromatic heterocycles. The number of phosphoric acid groups is 1. The Morgan fingerprint density at radius 2 is 1.32 bits per heavy atom. The number of hydrogen-bond donors (Lipinski definition) is 10. The number of carbonyl (C=O) groups excluding carboxylic acids is 12. The highest BCUT2D eigenvalue weighted by Crippen LogP contribution is 2.47. The van der Waals surface area contributed by atoms with Crippen molar-refractivity contribution in [1.82, 2.24) is 41.7 Å². The predicted octanol–water partition coefficient (Wildman–Crippen LogP) is 1.09. The van der Waals surface area contributed by atoms with Crippen molar-refractivity contribution in [3.63, 3.8) is 0 Å². The number of phosphoric ester groups is 1. The van der Waals surface area contributed by atoms with Crippen molar-refractivity contribution >= 4 is 84.7 Å². The van der Waals surface area contributed by atoms with Crippen LogP contribution in [0.2, 0.25) is 0 Å². The van der Waals surface area contributed by atoms with Crippen molar-refractivity contribution in [1.29, 1.82) is 0 Å². The van der Waals surface area contributed by atoms with Gasteiger partial charge in [-0.2, -0.15) is 0 Å². The maximum Gasteiger partial charge on any atom is 0.472 e. The Kier molecular flexibility index (Phi) is 33.4. The highest BCUT2D eigenvalue weighted by Gasteiger charge is 2.44. The zero-order valence-corrected chi connectivity index (χ0v) is 55.5. The number of urea groups is 1. The summed E-state index contributed by atoms with van der Waals surface area (Å²) in [6, 6.07) is 4.74. The van der Waals surface area contributed by atoms with Gasteiger partial charge in [0.05, 0.1) is 25.2 Å². The summed E-state index contributed by atoms with van der Waals surface area (Å²) < 4.78 is 46.6. The van der Waals surface area contributed by atoms with Crippen LogP contribution in [0.1, 0.15) is 106 Å². The van der Waals surface area contributed by atoms with Gasteiger partial charge in [0, 0.05) is 60.3 Å². The number of hydrogen-bond acceptors (Lipinski definition) is 20. The van der Waals surface area contributed by atoms with E-state index in [1.54, 1.807) is 51.1 Å². The molecule has 0 radical (unpaired) electrons. The number of likely N-dealkylation sites (N-methyl/N-ethyl adjacent to an activating group) is 3. The predicted molar refractivity (Wildman–Crippen MR) is 333 cm³/mol. The molecule has 92 heavy (non-hydrogen) atoms. The highest BCUT2D eigenvalue weighted by atomic mass is 31.2. The lowest BCUT2D eigenvalue weighted by atomic mass is 9.96. The molecule has 0 spiro atoms. The summed E-state index contributed by atoms with van der Waals surface area (Å²) in [6.07, 6.45) is -6.57. The normalized spacial score (nSPS) is 15.4. The highest BCUT2D eigenvalue weighted by molar-refractivity contribution is 7.47. The minimum absolute atomic E-state index is 0.169. The Morgan fingerprint density at radius 3 is 1.86 bits per heavy atom. The van der Waals surface area contributed by atoms with E-state index in [9.17, 15) is 67.0 Å². The number of benzene rings is 2. The molecule has 0 aliphatic heterocycles. The lowest BCUT2D eigenvalue weighted by Gasteiger charge is -2.35. The van der Waals surface area contributed by atoms with Crippen LogP contribution in [0.5, 0.6) is 0 Å². The number of nitrogens with zero attached hydrogens (tertiary/aromatic N) is 2. The fourth-order valence-electron chi connectivity index (χ4n) is 8.53. The fraction of sp³-hybridized carbons (Fsp3) is 0.567. The van der Waals surface area contributed by atoms with Crippen LogP contribution in [0.4, 0.5) is 10.5 Å². The van der Waals surface area contributed by atoms with E-state index in [-0.39, 0.29) is 32.2 Å². The molecular weight excluding hydrogens is 1230 g/mol. The molecular formula is C60H92N11O20P. The standard InChI is InChI=1S/C60H92N11O20P/c1-16-45(73)68-49(51(33(4)5)91-92(84,85)87-31-41-24-26-42(27-25-41)67-54(77)43(61)23-20-28-64-60(62)83)59(82)90-50(32(2)3)48(55(78)63-12)69-53(76)37(9)70(13)56(79)35(7)65-52(75)36(8)71(14)57(80)44(30-40-21-18-17-19-22-40)89-58(81)47(66-39(11)72)38(10)88-46(74)29-34(6)86-15/h17-19,21-22,24-27,32-35,37-38,43-44,47-51H,8,16,20,23,28-31,61H2,1-7,9-15H3,(H,63,78)(H,65,75)(H,66,72)(H,67,77)(H,68,73)(H,69,76)(H,84,85)(H3,62,64,83)/t34-,35+,37+,38-,43+,44-,47+,48+,49+,50-,51-/m1/s1. The second-order valence-electron chi connectivity index (χ2n) is 22.3. The molecule has 512 valence electrons. The molecule has 0 aliphatic rings. The fourth-order valence-corrected chi connectivity index (χ4v) is 9.58. The minimum Gasteiger partial charge on any atom is -0.460 e. The van der Waals surface area contributed by atoms with Gasteiger partial charge in [-0.25, -0.2) is 18.9 Å². The van der Waals surface area contributed by atoms with E-state index in [2.05, 4.69) is 43.8 Å². The van der Waals surface area contributed by atoms with Gasteiger partial charge in [0.2, 0.25) is 35.4 Å². The van der Waals surface area contributed by atoms with E-state index in [4.69, 9.17) is 39.5 Å². The van der Waals surface area contributed by atoms with Gasteiger partial charge >= 0.3 is 31.8 Å². The number of carbonyl (C=O) groups is 12. The monoisotopic (exact) mass is 1320 g/mol. The van der Waals surface area contributed by atoms with Crippen molar-refractivity contribution in [2.24, 2.45) is 23.3 Å². The molecule has 12 N–H and O–H groups in total. The zero-order valence-electron chi connectivity index (χ0n) is 54.6. The van der Waals surface area contributed by atoms with Crippen molar-refractivity contribution in [3.05, 3.63) is 78.0 Å². The van der Waals surface area contributed by atoms with Gasteiger partial charge in [0.15, 0.2) is 18.2 Å². The first kappa shape index (κ1) is 79.7. The van der Waals surface area contributed by atoms with Crippen LogP contribution in [0.15, 0.2) is 66.9 Å². The molecule has 0 fully saturated rings. The number of methoxy groups -OCH3 is 1. The SMILES string of the molecule is C=C(C(=O)N[C@@H](C)C(=O)N(C)[C@@H](C)C(=O)N[C@H](C(=O)NC)[C@H](OC(=O)[C@@H](NC(=O)CC)[C@H](OP(=O)(O)OCc1ccc(NC(=O)[C@@H](N)CCCNC(N)=O)cc1)C(C)C)C(C)C)N(C)C(=O)[C@@H](Cc1ccccc1)OC(=O)[C@@H](NC(C)=O)[C@@H](C)OC(=O)C[C@@H](C)OC. The molecule has 1 unspecified atom stereocenters. The average Bonchev–Trinajstić information content (AvgIpc) is 0.869. The van der Waals surface area contributed by atoms with E-state index < -0.39 is 170 Å². The summed E-state index contributed by atoms with van der Waals surface area (Å²) in [5.74, 6) is -11.3. The summed E-state index contributed by atoms with van der Waals surface area (Å²) in [5.41, 5.74) is 11.7. The number of amides is 10. The molecule has 2 aromatic rings. The third kappa shape index (κ3) is 26.5. The van der Waals surface area contributed by atoms with Crippen LogP contribution in [-0.2, 0) is 98.3 Å². The van der Waals surface area contributed by atoms with Crippen molar-refractivity contribution in [2.75, 3.05) is 40.1 Å². The lowest BCUT2D eigenvalue weighted by Crippen LogP contribution is -2.61. The first-order valence-electron chi connectivity index (χ1n) is 29.6. The van der Waals surface area contributed by atoms with E-state index >= 15 is 0 Å². The van der Waals surface area contributed by atoms with Gasteiger partial charge in [-0.3, -0.25) is 52.2 Å². The van der Waals surface area contributed by atoms with Crippen LogP contribution in [-0.4, -0.2) is 187 Å². The molecule has 2 rings (SSSR count). The molecule has 0 aliphatic carbocycles. The summed E-state index contributed by atoms with van der Waals surface area (Å²) in [4.78, 5) is 172. The second kappa shape index (κ2) is 38.5. The number of primary amides is 1. The molecule has 32 heteroatoms. The number of anilines is 1. The Balaban J connectivity index is 2.29. The number of rotatable bonds is 38. The number of ether oxygens (including phenoxy) is 4. The minimum atomic E-state index is -5.10. The van der Waals surface area contributed by atoms with E-state index in [1.165, 1.54) is 87.0 Å². The van der Waals surface area contributed by atoms with Crippen molar-refractivity contribution in [2.45, 2.75) is 175 Å². The van der Waals surface area contributed by atoms with Gasteiger partial charge < -0.3 is 82.3 Å². The van der Waals surface area contributed by atoms with E-state index in [0.29, 0.717) is 23.2 Å². The van der Waals surface area contributed by atoms with Gasteiger partial charge in [-0.05, 0) is 75.6 Å². The third-order valence-electron chi connectivity index (χ3n) is 14.2. The quantitative estimate of drug-likeness (QED) is 0.0148. The smallest absolute Gasteiger partial charge is 0.460 e. The molecule has 0 bridgehead atoms. The van der Waals surface area contributed by atoms with Crippen LogP contribution in [0.25, 0.3) is 0 Å². The van der Waals surface area contributed by atoms with Gasteiger partial charge in [0.1, 0.15) is 42.1 Å². The van der Waals surface area contributed by atoms with Gasteiger partial charge in [-0.1, -0.05) is 83.7 Å². The van der Waals surface area contributed by atoms with Gasteiger partial charge in [-0.15, -0.1) is 0 Å². The van der Waals surface area contributed by atoms with Crippen LogP contribution in [0, 0.1) is 11.8 Å². The summed E-state index contributed by atoms with van der Waals surface area (Å²) in [7, 11) is -0.0869. The summed E-state index contributed by atoms with van der Waals surface area (Å²) >= 11 is 0. The number of nitrogens with one attached hydrogen (secondary N) is 7. The Hall–Kier alpha value is -8.35. The molecule has 0 saturated heterocycles. The first-order valence-corrected chi connectivity index (χ1v) is 31.1. The topological polar surface area (TPSA) is 440 Å². The van der Waals surface area contributed by atoms with Crippen molar-refractivity contribution in [3.8, 4) is 0 Å². The first-order chi connectivity index (χ1) is 43.0. The van der Waals surface area contributed by atoms with Crippen molar-refractivity contribution < 1.29 is 95.0 Å². The second-order valence-corrected chi connectivity index (χ2v) is 23.7. The van der Waals surface area contributed by atoms with Crippen LogP contribution >= 0.6 is 7.82 Å². The Morgan fingerprint density at radius 1 is 0.717 bits per heavy atom. The summed E-state index contributed by atoms with van der Waals surface area (Å²) in [6.45, 7) is 17.7. The molecule has 12 atom stereocenters. The Bertz CT molecular complexity index is 2940. The van der Waals surface area contributed by atoms with Crippen LogP contribution in [0.3, 0.4) is 0 Å². The van der Waals surface area contributed by atoms with E-state index in [0.717, 1.165) is 23.8 Å². The molecule has 31 nitrogen and oxygen atoms in total. The maximum atomic E-state index is 14.4. The summed E-state index contributed by atoms with van der Waals surface area (Å²) in [5, 5.41) is 17.3. The Labute approximate surface area is 535 Å². The maximum absolute atomic E-state index is 14.4.